The minimum absolute atomic E-state index is 0.114. The molecule has 1 aromatic heterocycles. The van der Waals surface area contributed by atoms with E-state index in [0.29, 0.717) is 19.0 Å². The second-order valence-electron chi connectivity index (χ2n) is 6.39. The van der Waals surface area contributed by atoms with Gasteiger partial charge in [0.15, 0.2) is 0 Å². The Labute approximate surface area is 143 Å². The van der Waals surface area contributed by atoms with Crippen molar-refractivity contribution in [2.24, 2.45) is 0 Å². The maximum atomic E-state index is 13.1. The molecule has 7 nitrogen and oxygen atoms in total. The summed E-state index contributed by atoms with van der Waals surface area (Å²) < 4.78 is 14.5. The molecular formula is C17H18FN5O2. The van der Waals surface area contributed by atoms with Crippen LogP contribution in [0.1, 0.15) is 36.2 Å². The van der Waals surface area contributed by atoms with Crippen LogP contribution in [0.3, 0.4) is 0 Å². The van der Waals surface area contributed by atoms with Gasteiger partial charge in [-0.2, -0.15) is 0 Å². The summed E-state index contributed by atoms with van der Waals surface area (Å²) in [5.41, 5.74) is 0.117. The van der Waals surface area contributed by atoms with Crippen molar-refractivity contribution in [3.8, 4) is 0 Å². The highest BCUT2D eigenvalue weighted by Crippen LogP contribution is 2.26. The predicted molar refractivity (Wildman–Crippen MR) is 89.4 cm³/mol. The SMILES string of the molecule is O=C(NC1CCCC1)c1nnc2n(c1=O)CCN2c1ccc(F)cc1. The molecule has 0 atom stereocenters. The molecule has 2 heterocycles. The average molecular weight is 343 g/mol. The Morgan fingerprint density at radius 2 is 1.84 bits per heavy atom. The normalized spacial score (nSPS) is 16.9. The number of hydrogen-bond donors (Lipinski definition) is 1. The van der Waals surface area contributed by atoms with Crippen molar-refractivity contribution in [1.29, 1.82) is 0 Å². The van der Waals surface area contributed by atoms with E-state index in [1.54, 1.807) is 17.0 Å². The van der Waals surface area contributed by atoms with Gasteiger partial charge in [0.25, 0.3) is 11.5 Å². The lowest BCUT2D eigenvalue weighted by Gasteiger charge is -2.16. The van der Waals surface area contributed by atoms with Gasteiger partial charge < -0.3 is 10.2 Å². The van der Waals surface area contributed by atoms with Crippen LogP contribution >= 0.6 is 0 Å². The molecule has 0 saturated heterocycles. The number of halogens is 1. The fourth-order valence-electron chi connectivity index (χ4n) is 3.44. The highest BCUT2D eigenvalue weighted by atomic mass is 19.1. The number of anilines is 2. The smallest absolute Gasteiger partial charge is 0.286 e. The van der Waals surface area contributed by atoms with Crippen LogP contribution in [-0.2, 0) is 6.54 Å². The molecule has 1 amide bonds. The average Bonchev–Trinajstić information content (AvgIpc) is 3.26. The number of carbonyl (C=O) groups is 1. The van der Waals surface area contributed by atoms with Gasteiger partial charge in [-0.3, -0.25) is 14.2 Å². The second kappa shape index (κ2) is 6.27. The van der Waals surface area contributed by atoms with Crippen molar-refractivity contribution < 1.29 is 9.18 Å². The first-order valence-corrected chi connectivity index (χ1v) is 8.45. The van der Waals surface area contributed by atoms with E-state index in [2.05, 4.69) is 15.5 Å². The summed E-state index contributed by atoms with van der Waals surface area (Å²) in [4.78, 5) is 26.7. The summed E-state index contributed by atoms with van der Waals surface area (Å²) in [5.74, 6) is -0.417. The highest BCUT2D eigenvalue weighted by molar-refractivity contribution is 5.92. The van der Waals surface area contributed by atoms with Gasteiger partial charge in [0, 0.05) is 24.8 Å². The molecule has 4 rings (SSSR count). The molecule has 0 unspecified atom stereocenters. The molecule has 1 aromatic carbocycles. The van der Waals surface area contributed by atoms with Gasteiger partial charge in [0.1, 0.15) is 5.82 Å². The molecule has 2 aromatic rings. The van der Waals surface area contributed by atoms with Crippen LogP contribution in [0.15, 0.2) is 29.1 Å². The third kappa shape index (κ3) is 2.88. The van der Waals surface area contributed by atoms with Crippen LogP contribution in [-0.4, -0.2) is 33.3 Å². The fraction of sp³-hybridized carbons (Fsp3) is 0.412. The number of benzene rings is 1. The monoisotopic (exact) mass is 343 g/mol. The molecule has 1 aliphatic heterocycles. The van der Waals surface area contributed by atoms with Crippen LogP contribution in [0.4, 0.5) is 16.0 Å². The summed E-state index contributed by atoms with van der Waals surface area (Å²) in [6.07, 6.45) is 4.05. The van der Waals surface area contributed by atoms with E-state index in [4.69, 9.17) is 0 Å². The maximum Gasteiger partial charge on any atom is 0.286 e. The fourth-order valence-corrected chi connectivity index (χ4v) is 3.44. The van der Waals surface area contributed by atoms with Crippen molar-refractivity contribution in [2.75, 3.05) is 11.4 Å². The van der Waals surface area contributed by atoms with Crippen LogP contribution in [0, 0.1) is 5.82 Å². The zero-order chi connectivity index (χ0) is 17.4. The van der Waals surface area contributed by atoms with Crippen LogP contribution in [0.25, 0.3) is 0 Å². The first kappa shape index (κ1) is 15.7. The summed E-state index contributed by atoms with van der Waals surface area (Å²) in [6, 6.07) is 6.07. The van der Waals surface area contributed by atoms with Gasteiger partial charge in [-0.15, -0.1) is 10.2 Å². The number of carbonyl (C=O) groups excluding carboxylic acids is 1. The molecule has 0 spiro atoms. The number of amides is 1. The number of nitrogens with one attached hydrogen (secondary N) is 1. The summed E-state index contributed by atoms with van der Waals surface area (Å²) in [6.45, 7) is 0.925. The lowest BCUT2D eigenvalue weighted by atomic mass is 10.2. The van der Waals surface area contributed by atoms with E-state index < -0.39 is 11.5 Å². The van der Waals surface area contributed by atoms with Crippen LogP contribution in [0.5, 0.6) is 0 Å². The standard InChI is InChI=1S/C17H18FN5O2/c18-11-5-7-13(8-6-11)22-9-10-23-16(25)14(20-21-17(22)23)15(24)19-12-3-1-2-4-12/h5-8,12H,1-4,9-10H2,(H,19,24). The van der Waals surface area contributed by atoms with Gasteiger partial charge in [-0.25, -0.2) is 4.39 Å². The molecule has 1 fully saturated rings. The Bertz CT molecular complexity index is 858. The Kier molecular flexibility index (Phi) is 3.95. The van der Waals surface area contributed by atoms with E-state index in [-0.39, 0.29) is 17.6 Å². The van der Waals surface area contributed by atoms with Gasteiger partial charge in [0.05, 0.1) is 0 Å². The zero-order valence-electron chi connectivity index (χ0n) is 13.6. The third-order valence-corrected chi connectivity index (χ3v) is 4.76. The van der Waals surface area contributed by atoms with Crippen molar-refractivity contribution in [3.63, 3.8) is 0 Å². The molecule has 25 heavy (non-hydrogen) atoms. The number of rotatable bonds is 3. The minimum atomic E-state index is -0.458. The largest absolute Gasteiger partial charge is 0.348 e. The van der Waals surface area contributed by atoms with E-state index in [1.807, 2.05) is 0 Å². The molecule has 1 aliphatic carbocycles. The summed E-state index contributed by atoms with van der Waals surface area (Å²) in [7, 11) is 0. The summed E-state index contributed by atoms with van der Waals surface area (Å²) >= 11 is 0. The van der Waals surface area contributed by atoms with Gasteiger partial charge >= 0.3 is 0 Å². The van der Waals surface area contributed by atoms with Crippen molar-refractivity contribution >= 4 is 17.5 Å². The number of fused-ring (bicyclic) bond motifs is 1. The molecular weight excluding hydrogens is 325 g/mol. The lowest BCUT2D eigenvalue weighted by molar-refractivity contribution is 0.0929. The van der Waals surface area contributed by atoms with E-state index in [9.17, 15) is 14.0 Å². The van der Waals surface area contributed by atoms with E-state index in [1.165, 1.54) is 16.7 Å². The summed E-state index contributed by atoms with van der Waals surface area (Å²) in [5, 5.41) is 10.8. The van der Waals surface area contributed by atoms with Crippen LogP contribution in [0.2, 0.25) is 0 Å². The molecule has 2 aliphatic rings. The molecule has 0 radical (unpaired) electrons. The van der Waals surface area contributed by atoms with Gasteiger partial charge in [-0.05, 0) is 37.1 Å². The Hall–Kier alpha value is -2.77. The molecule has 130 valence electrons. The van der Waals surface area contributed by atoms with Crippen LogP contribution < -0.4 is 15.8 Å². The third-order valence-electron chi connectivity index (χ3n) is 4.76. The number of nitrogens with zero attached hydrogens (tertiary/aromatic N) is 4. The maximum absolute atomic E-state index is 13.1. The van der Waals surface area contributed by atoms with E-state index in [0.717, 1.165) is 31.4 Å². The first-order valence-electron chi connectivity index (χ1n) is 8.45. The van der Waals surface area contributed by atoms with Crippen molar-refractivity contribution in [3.05, 3.63) is 46.1 Å². The molecule has 8 heteroatoms. The van der Waals surface area contributed by atoms with E-state index >= 15 is 0 Å². The Morgan fingerprint density at radius 1 is 1.12 bits per heavy atom. The Morgan fingerprint density at radius 3 is 2.56 bits per heavy atom. The van der Waals surface area contributed by atoms with Gasteiger partial charge in [0.2, 0.25) is 11.6 Å². The molecule has 1 N–H and O–H groups in total. The Balaban J connectivity index is 1.61. The van der Waals surface area contributed by atoms with Crippen molar-refractivity contribution in [2.45, 2.75) is 38.3 Å². The number of aromatic nitrogens is 3. The quantitative estimate of drug-likeness (QED) is 0.916. The predicted octanol–water partition coefficient (Wildman–Crippen LogP) is 1.60. The molecule has 0 bridgehead atoms. The number of hydrogen-bond acceptors (Lipinski definition) is 5. The zero-order valence-corrected chi connectivity index (χ0v) is 13.6. The van der Waals surface area contributed by atoms with Crippen molar-refractivity contribution in [1.82, 2.24) is 20.1 Å². The van der Waals surface area contributed by atoms with Gasteiger partial charge in [-0.1, -0.05) is 12.8 Å². The lowest BCUT2D eigenvalue weighted by Crippen LogP contribution is -2.39. The molecule has 1 saturated carbocycles. The second-order valence-corrected chi connectivity index (χ2v) is 6.39. The highest BCUT2D eigenvalue weighted by Gasteiger charge is 2.28. The topological polar surface area (TPSA) is 80.1 Å². The minimum Gasteiger partial charge on any atom is -0.348 e. The first-order chi connectivity index (χ1) is 12.1.